The SMILES string of the molecule is COC(=O)c1ccc(OCc2ccc(C(=O)N3CCCC3)cc2)c(Br)c1. The van der Waals surface area contributed by atoms with Crippen LogP contribution in [0.2, 0.25) is 0 Å². The fourth-order valence-corrected chi connectivity index (χ4v) is 3.36. The number of esters is 1. The fourth-order valence-electron chi connectivity index (χ4n) is 2.87. The molecule has 0 atom stereocenters. The van der Waals surface area contributed by atoms with Gasteiger partial charge in [0.2, 0.25) is 0 Å². The number of methoxy groups -OCH3 is 1. The molecule has 0 aliphatic carbocycles. The Labute approximate surface area is 161 Å². The van der Waals surface area contributed by atoms with E-state index in [1.807, 2.05) is 29.2 Å². The maximum absolute atomic E-state index is 12.3. The summed E-state index contributed by atoms with van der Waals surface area (Å²) in [5.74, 6) is 0.335. The van der Waals surface area contributed by atoms with E-state index in [-0.39, 0.29) is 5.91 Å². The molecule has 0 saturated carbocycles. The van der Waals surface area contributed by atoms with Gasteiger partial charge in [-0.1, -0.05) is 12.1 Å². The highest BCUT2D eigenvalue weighted by Gasteiger charge is 2.19. The molecule has 136 valence electrons. The van der Waals surface area contributed by atoms with Crippen molar-refractivity contribution in [3.63, 3.8) is 0 Å². The first-order valence-corrected chi connectivity index (χ1v) is 9.26. The molecule has 1 aliphatic rings. The van der Waals surface area contributed by atoms with E-state index >= 15 is 0 Å². The summed E-state index contributed by atoms with van der Waals surface area (Å²) in [4.78, 5) is 25.8. The first-order chi connectivity index (χ1) is 12.6. The number of carbonyl (C=O) groups excluding carboxylic acids is 2. The van der Waals surface area contributed by atoms with E-state index in [0.717, 1.165) is 31.5 Å². The van der Waals surface area contributed by atoms with Gasteiger partial charge in [-0.05, 0) is 64.7 Å². The monoisotopic (exact) mass is 417 g/mol. The molecule has 1 heterocycles. The average molecular weight is 418 g/mol. The fraction of sp³-hybridized carbons (Fsp3) is 0.300. The van der Waals surface area contributed by atoms with E-state index < -0.39 is 5.97 Å². The Morgan fingerprint density at radius 2 is 1.69 bits per heavy atom. The molecule has 0 radical (unpaired) electrons. The second-order valence-corrected chi connectivity index (χ2v) is 6.98. The number of hydrogen-bond donors (Lipinski definition) is 0. The molecular formula is C20H20BrNO4. The maximum atomic E-state index is 12.3. The number of ether oxygens (including phenoxy) is 2. The van der Waals surface area contributed by atoms with Crippen LogP contribution in [0.4, 0.5) is 0 Å². The zero-order valence-corrected chi connectivity index (χ0v) is 16.1. The van der Waals surface area contributed by atoms with Crippen molar-refractivity contribution in [1.29, 1.82) is 0 Å². The van der Waals surface area contributed by atoms with Crippen LogP contribution < -0.4 is 4.74 Å². The van der Waals surface area contributed by atoms with Crippen molar-refractivity contribution >= 4 is 27.8 Å². The molecule has 1 aliphatic heterocycles. The first kappa shape index (κ1) is 18.5. The van der Waals surface area contributed by atoms with E-state index in [9.17, 15) is 9.59 Å². The average Bonchev–Trinajstić information content (AvgIpc) is 3.21. The van der Waals surface area contributed by atoms with E-state index in [1.165, 1.54) is 7.11 Å². The summed E-state index contributed by atoms with van der Waals surface area (Å²) in [5, 5.41) is 0. The smallest absolute Gasteiger partial charge is 0.337 e. The highest BCUT2D eigenvalue weighted by atomic mass is 79.9. The van der Waals surface area contributed by atoms with Gasteiger partial charge in [0.1, 0.15) is 12.4 Å². The molecule has 1 fully saturated rings. The third kappa shape index (κ3) is 4.25. The highest BCUT2D eigenvalue weighted by molar-refractivity contribution is 9.10. The summed E-state index contributed by atoms with van der Waals surface area (Å²) in [6.45, 7) is 2.06. The highest BCUT2D eigenvalue weighted by Crippen LogP contribution is 2.27. The van der Waals surface area contributed by atoms with Crippen molar-refractivity contribution < 1.29 is 19.1 Å². The number of hydrogen-bond acceptors (Lipinski definition) is 4. The summed E-state index contributed by atoms with van der Waals surface area (Å²) in [6, 6.07) is 12.5. The van der Waals surface area contributed by atoms with Crippen LogP contribution in [0.1, 0.15) is 39.1 Å². The van der Waals surface area contributed by atoms with Gasteiger partial charge in [0.15, 0.2) is 0 Å². The lowest BCUT2D eigenvalue weighted by molar-refractivity contribution is 0.0600. The molecule has 0 aromatic heterocycles. The van der Waals surface area contributed by atoms with Crippen molar-refractivity contribution in [2.45, 2.75) is 19.4 Å². The lowest BCUT2D eigenvalue weighted by Gasteiger charge is -2.15. The quantitative estimate of drug-likeness (QED) is 0.688. The maximum Gasteiger partial charge on any atom is 0.337 e. The topological polar surface area (TPSA) is 55.8 Å². The van der Waals surface area contributed by atoms with Crippen molar-refractivity contribution in [1.82, 2.24) is 4.90 Å². The summed E-state index contributed by atoms with van der Waals surface area (Å²) >= 11 is 3.40. The van der Waals surface area contributed by atoms with Crippen LogP contribution in [0.3, 0.4) is 0 Å². The molecule has 0 spiro atoms. The lowest BCUT2D eigenvalue weighted by atomic mass is 10.1. The number of benzene rings is 2. The van der Waals surface area contributed by atoms with Gasteiger partial charge in [-0.25, -0.2) is 4.79 Å². The van der Waals surface area contributed by atoms with Crippen molar-refractivity contribution in [2.75, 3.05) is 20.2 Å². The zero-order valence-electron chi connectivity index (χ0n) is 14.5. The van der Waals surface area contributed by atoms with Crippen LogP contribution in [-0.2, 0) is 11.3 Å². The molecule has 0 unspecified atom stereocenters. The van der Waals surface area contributed by atoms with Crippen LogP contribution in [0.15, 0.2) is 46.9 Å². The molecule has 6 heteroatoms. The number of amides is 1. The molecule has 2 aromatic rings. The molecule has 5 nitrogen and oxygen atoms in total. The van der Waals surface area contributed by atoms with Gasteiger partial charge in [-0.2, -0.15) is 0 Å². The summed E-state index contributed by atoms with van der Waals surface area (Å²) < 4.78 is 11.2. The van der Waals surface area contributed by atoms with Crippen molar-refractivity contribution in [3.05, 3.63) is 63.6 Å². The van der Waals surface area contributed by atoms with E-state index in [0.29, 0.717) is 28.0 Å². The Hall–Kier alpha value is -2.34. The minimum Gasteiger partial charge on any atom is -0.488 e. The van der Waals surface area contributed by atoms with Gasteiger partial charge in [0, 0.05) is 18.7 Å². The second-order valence-electron chi connectivity index (χ2n) is 6.12. The van der Waals surface area contributed by atoms with E-state index in [4.69, 9.17) is 9.47 Å². The Balaban J connectivity index is 1.61. The third-order valence-corrected chi connectivity index (χ3v) is 4.96. The van der Waals surface area contributed by atoms with Gasteiger partial charge >= 0.3 is 5.97 Å². The minimum absolute atomic E-state index is 0.0936. The number of nitrogens with zero attached hydrogens (tertiary/aromatic N) is 1. The molecule has 3 rings (SSSR count). The van der Waals surface area contributed by atoms with Crippen molar-refractivity contribution in [2.24, 2.45) is 0 Å². The molecule has 2 aromatic carbocycles. The largest absolute Gasteiger partial charge is 0.488 e. The van der Waals surface area contributed by atoms with Crippen LogP contribution in [-0.4, -0.2) is 37.0 Å². The summed E-state index contributed by atoms with van der Waals surface area (Å²) in [6.07, 6.45) is 2.17. The van der Waals surface area contributed by atoms with Gasteiger partial charge in [0.05, 0.1) is 17.1 Å². The van der Waals surface area contributed by atoms with Gasteiger partial charge in [-0.3, -0.25) is 4.79 Å². The second kappa shape index (κ2) is 8.36. The minimum atomic E-state index is -0.393. The Kier molecular flexibility index (Phi) is 5.93. The Morgan fingerprint density at radius 1 is 1.04 bits per heavy atom. The predicted octanol–water partition coefficient (Wildman–Crippen LogP) is 4.05. The number of rotatable bonds is 5. The Bertz CT molecular complexity index is 798. The number of halogens is 1. The molecule has 0 N–H and O–H groups in total. The van der Waals surface area contributed by atoms with Crippen LogP contribution in [0, 0.1) is 0 Å². The number of carbonyl (C=O) groups is 2. The molecular weight excluding hydrogens is 398 g/mol. The molecule has 1 saturated heterocycles. The van der Waals surface area contributed by atoms with Crippen LogP contribution >= 0.6 is 15.9 Å². The van der Waals surface area contributed by atoms with E-state index in [2.05, 4.69) is 15.9 Å². The van der Waals surface area contributed by atoms with Crippen LogP contribution in [0.25, 0.3) is 0 Å². The lowest BCUT2D eigenvalue weighted by Crippen LogP contribution is -2.27. The third-order valence-electron chi connectivity index (χ3n) is 4.34. The standard InChI is InChI=1S/C20H20BrNO4/c1-25-20(24)16-8-9-18(17(21)12-16)26-13-14-4-6-15(7-5-14)19(23)22-10-2-3-11-22/h4-9,12H,2-3,10-11,13H2,1H3. The molecule has 1 amide bonds. The van der Waals surface area contributed by atoms with E-state index in [1.54, 1.807) is 18.2 Å². The van der Waals surface area contributed by atoms with Gasteiger partial charge < -0.3 is 14.4 Å². The Morgan fingerprint density at radius 3 is 2.31 bits per heavy atom. The number of likely N-dealkylation sites (tertiary alicyclic amines) is 1. The molecule has 0 bridgehead atoms. The predicted molar refractivity (Wildman–Crippen MR) is 101 cm³/mol. The van der Waals surface area contributed by atoms with Gasteiger partial charge in [-0.15, -0.1) is 0 Å². The van der Waals surface area contributed by atoms with Gasteiger partial charge in [0.25, 0.3) is 5.91 Å². The summed E-state index contributed by atoms with van der Waals surface area (Å²) in [5.41, 5.74) is 2.13. The molecule has 26 heavy (non-hydrogen) atoms. The first-order valence-electron chi connectivity index (χ1n) is 8.47. The normalized spacial score (nSPS) is 13.5. The van der Waals surface area contributed by atoms with Crippen molar-refractivity contribution in [3.8, 4) is 5.75 Å². The summed E-state index contributed by atoms with van der Waals surface area (Å²) in [7, 11) is 1.35. The zero-order chi connectivity index (χ0) is 18.5. The van der Waals surface area contributed by atoms with Crippen LogP contribution in [0.5, 0.6) is 5.75 Å².